The molecule has 0 fully saturated rings. The number of nitro groups is 1. The fourth-order valence-corrected chi connectivity index (χ4v) is 1.94. The van der Waals surface area contributed by atoms with Crippen LogP contribution in [-0.2, 0) is 13.2 Å². The van der Waals surface area contributed by atoms with Gasteiger partial charge in [-0.2, -0.15) is 0 Å². The first-order valence-electron chi connectivity index (χ1n) is 5.85. The summed E-state index contributed by atoms with van der Waals surface area (Å²) in [4.78, 5) is 10.2. The lowest BCUT2D eigenvalue weighted by Crippen LogP contribution is -2.00. The summed E-state index contributed by atoms with van der Waals surface area (Å²) in [5.41, 5.74) is 1.17. The Morgan fingerprint density at radius 3 is 2.70 bits per heavy atom. The van der Waals surface area contributed by atoms with Gasteiger partial charge in [0.05, 0.1) is 11.5 Å². The number of hydrogen-bond acceptors (Lipinski definition) is 4. The Labute approximate surface area is 120 Å². The van der Waals surface area contributed by atoms with Gasteiger partial charge in [0.15, 0.2) is 0 Å². The van der Waals surface area contributed by atoms with Crippen LogP contribution in [0.3, 0.4) is 0 Å². The smallest absolute Gasteiger partial charge is 0.270 e. The second-order valence-corrected chi connectivity index (χ2v) is 4.56. The Bertz CT molecular complexity index is 630. The van der Waals surface area contributed by atoms with E-state index in [0.717, 1.165) is 5.56 Å². The van der Waals surface area contributed by atoms with Gasteiger partial charge in [0, 0.05) is 22.7 Å². The minimum absolute atomic E-state index is 0.0795. The molecule has 2 rings (SSSR count). The number of halogens is 1. The van der Waals surface area contributed by atoms with Crippen LogP contribution in [0.4, 0.5) is 5.69 Å². The van der Waals surface area contributed by atoms with Gasteiger partial charge in [-0.3, -0.25) is 10.1 Å². The lowest BCUT2D eigenvalue weighted by molar-refractivity contribution is -0.385. The van der Waals surface area contributed by atoms with Crippen LogP contribution in [0, 0.1) is 10.1 Å². The van der Waals surface area contributed by atoms with Gasteiger partial charge in [-0.25, -0.2) is 0 Å². The van der Waals surface area contributed by atoms with Crippen molar-refractivity contribution in [1.82, 2.24) is 0 Å². The highest BCUT2D eigenvalue weighted by atomic mass is 35.5. The largest absolute Gasteiger partial charge is 0.489 e. The molecule has 0 saturated carbocycles. The highest BCUT2D eigenvalue weighted by molar-refractivity contribution is 6.30. The summed E-state index contributed by atoms with van der Waals surface area (Å²) < 4.78 is 5.56. The van der Waals surface area contributed by atoms with Gasteiger partial charge in [-0.15, -0.1) is 0 Å². The van der Waals surface area contributed by atoms with E-state index in [1.165, 1.54) is 18.2 Å². The van der Waals surface area contributed by atoms with Crippen LogP contribution >= 0.6 is 11.6 Å². The highest BCUT2D eigenvalue weighted by Crippen LogP contribution is 2.25. The first-order valence-corrected chi connectivity index (χ1v) is 6.23. The van der Waals surface area contributed by atoms with Crippen molar-refractivity contribution in [3.05, 3.63) is 68.7 Å². The first-order chi connectivity index (χ1) is 9.60. The fraction of sp³-hybridized carbons (Fsp3) is 0.143. The molecule has 1 N–H and O–H groups in total. The normalized spacial score (nSPS) is 10.3. The number of hydrogen-bond donors (Lipinski definition) is 1. The van der Waals surface area contributed by atoms with E-state index in [0.29, 0.717) is 16.3 Å². The van der Waals surface area contributed by atoms with Crippen molar-refractivity contribution in [2.45, 2.75) is 13.2 Å². The minimum Gasteiger partial charge on any atom is -0.489 e. The van der Waals surface area contributed by atoms with Crippen LogP contribution < -0.4 is 4.74 Å². The van der Waals surface area contributed by atoms with E-state index in [1.807, 2.05) is 12.1 Å². The molecule has 20 heavy (non-hydrogen) atoms. The Balaban J connectivity index is 2.15. The zero-order valence-corrected chi connectivity index (χ0v) is 11.2. The number of nitrogens with zero attached hydrogens (tertiary/aromatic N) is 1. The lowest BCUT2D eigenvalue weighted by atomic mass is 10.2. The summed E-state index contributed by atoms with van der Waals surface area (Å²) in [6.07, 6.45) is 0. The fourth-order valence-electron chi connectivity index (χ4n) is 1.73. The van der Waals surface area contributed by atoms with Crippen LogP contribution in [0.5, 0.6) is 5.75 Å². The maximum Gasteiger partial charge on any atom is 0.270 e. The van der Waals surface area contributed by atoms with E-state index >= 15 is 0 Å². The van der Waals surface area contributed by atoms with Crippen LogP contribution in [-0.4, -0.2) is 10.0 Å². The van der Waals surface area contributed by atoms with Gasteiger partial charge < -0.3 is 9.84 Å². The molecule has 0 heterocycles. The average molecular weight is 294 g/mol. The standard InChI is InChI=1S/C14H12ClNO4/c15-12-3-1-2-10(6-12)9-20-14-5-4-13(16(18)19)7-11(14)8-17/h1-7,17H,8-9H2. The first kappa shape index (κ1) is 14.3. The van der Waals surface area contributed by atoms with Crippen LogP contribution in [0.15, 0.2) is 42.5 Å². The number of aliphatic hydroxyl groups is 1. The second-order valence-electron chi connectivity index (χ2n) is 4.13. The third kappa shape index (κ3) is 3.46. The minimum atomic E-state index is -0.514. The van der Waals surface area contributed by atoms with Crippen molar-refractivity contribution >= 4 is 17.3 Å². The molecule has 0 unspecified atom stereocenters. The van der Waals surface area contributed by atoms with Gasteiger partial charge in [0.2, 0.25) is 0 Å². The third-order valence-electron chi connectivity index (χ3n) is 2.71. The molecule has 0 atom stereocenters. The van der Waals surface area contributed by atoms with Crippen LogP contribution in [0.2, 0.25) is 5.02 Å². The summed E-state index contributed by atoms with van der Waals surface area (Å²) in [7, 11) is 0. The summed E-state index contributed by atoms with van der Waals surface area (Å²) in [6, 6.07) is 11.3. The Hall–Kier alpha value is -2.11. The predicted octanol–water partition coefficient (Wildman–Crippen LogP) is 3.32. The average Bonchev–Trinajstić information content (AvgIpc) is 2.45. The molecule has 0 spiro atoms. The number of ether oxygens (including phenoxy) is 1. The van der Waals surface area contributed by atoms with Crippen molar-refractivity contribution in [3.63, 3.8) is 0 Å². The molecular formula is C14H12ClNO4. The molecule has 0 amide bonds. The molecule has 0 aliphatic heterocycles. The maximum atomic E-state index is 10.7. The Kier molecular flexibility index (Phi) is 4.55. The number of aliphatic hydroxyl groups excluding tert-OH is 1. The van der Waals surface area contributed by atoms with E-state index < -0.39 is 4.92 Å². The highest BCUT2D eigenvalue weighted by Gasteiger charge is 2.11. The molecule has 0 bridgehead atoms. The zero-order valence-electron chi connectivity index (χ0n) is 10.5. The van der Waals surface area contributed by atoms with Crippen molar-refractivity contribution < 1.29 is 14.8 Å². The second kappa shape index (κ2) is 6.36. The maximum absolute atomic E-state index is 10.7. The Morgan fingerprint density at radius 1 is 1.25 bits per heavy atom. The monoisotopic (exact) mass is 293 g/mol. The van der Waals surface area contributed by atoms with E-state index in [9.17, 15) is 15.2 Å². The molecule has 0 aromatic heterocycles. The van der Waals surface area contributed by atoms with Crippen molar-refractivity contribution in [3.8, 4) is 5.75 Å². The number of rotatable bonds is 5. The zero-order chi connectivity index (χ0) is 14.5. The van der Waals surface area contributed by atoms with E-state index in [1.54, 1.807) is 12.1 Å². The van der Waals surface area contributed by atoms with Gasteiger partial charge >= 0.3 is 0 Å². The van der Waals surface area contributed by atoms with Gasteiger partial charge in [-0.05, 0) is 23.8 Å². The number of non-ortho nitro benzene ring substituents is 1. The van der Waals surface area contributed by atoms with Gasteiger partial charge in [-0.1, -0.05) is 23.7 Å². The quantitative estimate of drug-likeness (QED) is 0.678. The summed E-state index contributed by atoms with van der Waals surface area (Å²) in [5.74, 6) is 0.415. The summed E-state index contributed by atoms with van der Waals surface area (Å²) in [6.45, 7) is -0.0576. The van der Waals surface area contributed by atoms with E-state index in [2.05, 4.69) is 0 Å². The van der Waals surface area contributed by atoms with Crippen molar-refractivity contribution in [2.24, 2.45) is 0 Å². The van der Waals surface area contributed by atoms with Gasteiger partial charge in [0.25, 0.3) is 5.69 Å². The third-order valence-corrected chi connectivity index (χ3v) is 2.94. The van der Waals surface area contributed by atoms with Crippen molar-refractivity contribution in [2.75, 3.05) is 0 Å². The molecule has 0 saturated heterocycles. The van der Waals surface area contributed by atoms with Crippen LogP contribution in [0.1, 0.15) is 11.1 Å². The molecule has 2 aromatic rings. The van der Waals surface area contributed by atoms with E-state index in [4.69, 9.17) is 16.3 Å². The predicted molar refractivity (Wildman–Crippen MR) is 74.8 cm³/mol. The molecule has 0 aliphatic rings. The number of nitro benzene ring substituents is 1. The molecule has 5 nitrogen and oxygen atoms in total. The Morgan fingerprint density at radius 2 is 2.05 bits per heavy atom. The number of benzene rings is 2. The molecule has 0 radical (unpaired) electrons. The summed E-state index contributed by atoms with van der Waals surface area (Å²) >= 11 is 5.87. The SMILES string of the molecule is O=[N+]([O-])c1ccc(OCc2cccc(Cl)c2)c(CO)c1. The molecule has 104 valence electrons. The van der Waals surface area contributed by atoms with Crippen molar-refractivity contribution in [1.29, 1.82) is 0 Å². The molecule has 0 aliphatic carbocycles. The molecule has 2 aromatic carbocycles. The summed E-state index contributed by atoms with van der Waals surface area (Å²) in [5, 5.41) is 20.5. The van der Waals surface area contributed by atoms with Gasteiger partial charge in [0.1, 0.15) is 12.4 Å². The van der Waals surface area contributed by atoms with E-state index in [-0.39, 0.29) is 18.9 Å². The molecular weight excluding hydrogens is 282 g/mol. The lowest BCUT2D eigenvalue weighted by Gasteiger charge is -2.10. The molecule has 6 heteroatoms. The topological polar surface area (TPSA) is 72.6 Å². The van der Waals surface area contributed by atoms with Crippen LogP contribution in [0.25, 0.3) is 0 Å².